The number of amides is 1. The van der Waals surface area contributed by atoms with Crippen LogP contribution in [0.3, 0.4) is 0 Å². The Morgan fingerprint density at radius 2 is 2.06 bits per heavy atom. The van der Waals surface area contributed by atoms with E-state index >= 15 is 0 Å². The van der Waals surface area contributed by atoms with Crippen molar-refractivity contribution in [3.8, 4) is 5.75 Å². The van der Waals surface area contributed by atoms with Gasteiger partial charge in [-0.2, -0.15) is 0 Å². The average Bonchev–Trinajstić information content (AvgIpc) is 3.43. The molecule has 0 saturated heterocycles. The van der Waals surface area contributed by atoms with Crippen LogP contribution in [-0.2, 0) is 22.5 Å². The first kappa shape index (κ1) is 20.5. The zero-order valence-electron chi connectivity index (χ0n) is 18.1. The topological polar surface area (TPSA) is 68.7 Å². The van der Waals surface area contributed by atoms with Crippen molar-refractivity contribution >= 4 is 22.8 Å². The number of pyridine rings is 1. The molecule has 164 valence electrons. The van der Waals surface area contributed by atoms with Crippen molar-refractivity contribution in [3.05, 3.63) is 71.4 Å². The molecule has 1 amide bonds. The fourth-order valence-electron chi connectivity index (χ4n) is 4.42. The maximum Gasteiger partial charge on any atom is 0.309 e. The number of benzene rings is 2. The second-order valence-electron chi connectivity index (χ2n) is 8.50. The van der Waals surface area contributed by atoms with Crippen LogP contribution >= 0.6 is 0 Å². The van der Waals surface area contributed by atoms with E-state index in [-0.39, 0.29) is 23.7 Å². The Morgan fingerprint density at radius 1 is 1.19 bits per heavy atom. The monoisotopic (exact) mass is 430 g/mol. The summed E-state index contributed by atoms with van der Waals surface area (Å²) >= 11 is 0. The smallest absolute Gasteiger partial charge is 0.309 e. The Morgan fingerprint density at radius 3 is 2.94 bits per heavy atom. The highest BCUT2D eigenvalue weighted by atomic mass is 16.5. The quantitative estimate of drug-likeness (QED) is 0.530. The maximum absolute atomic E-state index is 13.5. The van der Waals surface area contributed by atoms with Crippen molar-refractivity contribution in [1.82, 2.24) is 9.88 Å². The summed E-state index contributed by atoms with van der Waals surface area (Å²) in [6.45, 7) is 3.89. The van der Waals surface area contributed by atoms with Crippen LogP contribution in [0.25, 0.3) is 10.9 Å². The molecule has 0 N–H and O–H groups in total. The van der Waals surface area contributed by atoms with E-state index in [1.54, 1.807) is 6.20 Å². The lowest BCUT2D eigenvalue weighted by molar-refractivity contribution is -0.145. The van der Waals surface area contributed by atoms with Gasteiger partial charge in [0, 0.05) is 31.1 Å². The van der Waals surface area contributed by atoms with Gasteiger partial charge in [-0.15, -0.1) is 0 Å². The van der Waals surface area contributed by atoms with E-state index < -0.39 is 0 Å². The van der Waals surface area contributed by atoms with E-state index in [2.05, 4.69) is 11.1 Å². The number of ether oxygens (including phenoxy) is 2. The predicted molar refractivity (Wildman–Crippen MR) is 120 cm³/mol. The predicted octanol–water partition coefficient (Wildman–Crippen LogP) is 4.01. The van der Waals surface area contributed by atoms with Crippen molar-refractivity contribution in [1.29, 1.82) is 0 Å². The van der Waals surface area contributed by atoms with Crippen LogP contribution in [0, 0.1) is 11.8 Å². The van der Waals surface area contributed by atoms with E-state index in [1.165, 1.54) is 5.56 Å². The lowest BCUT2D eigenvalue weighted by Gasteiger charge is -2.23. The fraction of sp³-hybridized carbons (Fsp3) is 0.346. The molecule has 0 radical (unpaired) electrons. The number of aromatic nitrogens is 1. The molecular formula is C26H26N2O4. The number of esters is 1. The van der Waals surface area contributed by atoms with Crippen molar-refractivity contribution in [3.63, 3.8) is 0 Å². The Balaban J connectivity index is 1.39. The molecule has 1 aliphatic heterocycles. The molecule has 2 heterocycles. The lowest BCUT2D eigenvalue weighted by atomic mass is 10.1. The maximum atomic E-state index is 13.5. The van der Waals surface area contributed by atoms with Gasteiger partial charge < -0.3 is 14.4 Å². The summed E-state index contributed by atoms with van der Waals surface area (Å²) in [6, 6.07) is 15.8. The minimum Gasteiger partial charge on any atom is -0.493 e. The van der Waals surface area contributed by atoms with Crippen LogP contribution < -0.4 is 4.74 Å². The second-order valence-corrected chi connectivity index (χ2v) is 8.50. The van der Waals surface area contributed by atoms with Gasteiger partial charge in [0.1, 0.15) is 5.75 Å². The molecule has 0 spiro atoms. The number of carbonyl (C=O) groups is 2. The SMILES string of the molecule is CCOC(=O)C1CC1CN(Cc1ccc2c(c1)CCO2)C(=O)c1cnc2ccccc2c1. The van der Waals surface area contributed by atoms with Gasteiger partial charge in [-0.05, 0) is 48.6 Å². The van der Waals surface area contributed by atoms with Gasteiger partial charge in [-0.25, -0.2) is 0 Å². The molecule has 6 heteroatoms. The molecule has 32 heavy (non-hydrogen) atoms. The molecule has 2 unspecified atom stereocenters. The highest BCUT2D eigenvalue weighted by Crippen LogP contribution is 2.40. The van der Waals surface area contributed by atoms with Gasteiger partial charge in [-0.1, -0.05) is 30.3 Å². The Kier molecular flexibility index (Phi) is 5.52. The van der Waals surface area contributed by atoms with Crippen LogP contribution in [0.1, 0.15) is 34.8 Å². The first-order valence-electron chi connectivity index (χ1n) is 11.2. The minimum absolute atomic E-state index is 0.0745. The molecule has 5 rings (SSSR count). The lowest BCUT2D eigenvalue weighted by Crippen LogP contribution is -2.33. The average molecular weight is 431 g/mol. The molecule has 1 aliphatic carbocycles. The van der Waals surface area contributed by atoms with Crippen molar-refractivity contribution in [2.24, 2.45) is 11.8 Å². The molecule has 0 bridgehead atoms. The molecule has 3 aromatic rings. The van der Waals surface area contributed by atoms with Crippen LogP contribution in [0.2, 0.25) is 0 Å². The highest BCUT2D eigenvalue weighted by molar-refractivity contribution is 5.97. The van der Waals surface area contributed by atoms with Gasteiger partial charge in [0.15, 0.2) is 0 Å². The van der Waals surface area contributed by atoms with Gasteiger partial charge >= 0.3 is 5.97 Å². The second kappa shape index (κ2) is 8.61. The summed E-state index contributed by atoms with van der Waals surface area (Å²) in [5.74, 6) is 0.703. The van der Waals surface area contributed by atoms with Crippen LogP contribution in [0.5, 0.6) is 5.75 Å². The summed E-state index contributed by atoms with van der Waals surface area (Å²) in [7, 11) is 0. The standard InChI is InChI=1S/C26H26N2O4/c1-2-31-26(30)22-13-21(22)16-28(15-17-7-8-24-19(11-17)9-10-32-24)25(29)20-12-18-5-3-4-6-23(18)27-14-20/h3-8,11-12,14,21-22H,2,9-10,13,15-16H2,1H3. The Bertz CT molecular complexity index is 1180. The van der Waals surface area contributed by atoms with Gasteiger partial charge in [0.25, 0.3) is 5.91 Å². The molecule has 2 atom stereocenters. The number of para-hydroxylation sites is 1. The molecule has 1 saturated carbocycles. The molecule has 6 nitrogen and oxygen atoms in total. The summed E-state index contributed by atoms with van der Waals surface area (Å²) in [5.41, 5.74) is 3.66. The first-order valence-corrected chi connectivity index (χ1v) is 11.2. The van der Waals surface area contributed by atoms with E-state index in [4.69, 9.17) is 9.47 Å². The normalized spacial score (nSPS) is 18.7. The van der Waals surface area contributed by atoms with E-state index in [0.29, 0.717) is 31.9 Å². The van der Waals surface area contributed by atoms with Gasteiger partial charge in [0.2, 0.25) is 0 Å². The molecule has 2 aliphatic rings. The third kappa shape index (κ3) is 4.17. The summed E-state index contributed by atoms with van der Waals surface area (Å²) in [4.78, 5) is 32.0. The number of nitrogens with zero attached hydrogens (tertiary/aromatic N) is 2. The van der Waals surface area contributed by atoms with Crippen LogP contribution in [-0.4, -0.2) is 41.5 Å². The van der Waals surface area contributed by atoms with Gasteiger partial charge in [-0.3, -0.25) is 14.6 Å². The Labute approximate surface area is 187 Å². The highest BCUT2D eigenvalue weighted by Gasteiger charge is 2.45. The number of rotatable bonds is 7. The number of hydrogen-bond acceptors (Lipinski definition) is 5. The van der Waals surface area contributed by atoms with E-state index in [1.807, 2.05) is 54.3 Å². The van der Waals surface area contributed by atoms with Crippen molar-refractivity contribution < 1.29 is 19.1 Å². The van der Waals surface area contributed by atoms with E-state index in [9.17, 15) is 9.59 Å². The summed E-state index contributed by atoms with van der Waals surface area (Å²) in [6.07, 6.45) is 3.29. The number of hydrogen-bond donors (Lipinski definition) is 0. The molecule has 1 fully saturated rings. The zero-order valence-corrected chi connectivity index (χ0v) is 18.1. The van der Waals surface area contributed by atoms with Crippen LogP contribution in [0.15, 0.2) is 54.7 Å². The number of fused-ring (bicyclic) bond motifs is 2. The Hall–Kier alpha value is -3.41. The fourth-order valence-corrected chi connectivity index (χ4v) is 4.42. The first-order chi connectivity index (χ1) is 15.6. The van der Waals surface area contributed by atoms with Crippen LogP contribution in [0.4, 0.5) is 0 Å². The number of carbonyl (C=O) groups excluding carboxylic acids is 2. The van der Waals surface area contributed by atoms with Crippen molar-refractivity contribution in [2.75, 3.05) is 19.8 Å². The summed E-state index contributed by atoms with van der Waals surface area (Å²) < 4.78 is 10.8. The third-order valence-electron chi connectivity index (χ3n) is 6.22. The molecule has 1 aromatic heterocycles. The zero-order chi connectivity index (χ0) is 22.1. The van der Waals surface area contributed by atoms with Gasteiger partial charge in [0.05, 0.1) is 30.2 Å². The van der Waals surface area contributed by atoms with Crippen molar-refractivity contribution in [2.45, 2.75) is 26.3 Å². The summed E-state index contributed by atoms with van der Waals surface area (Å²) in [5, 5.41) is 0.934. The largest absolute Gasteiger partial charge is 0.493 e. The molecule has 2 aromatic carbocycles. The molecular weight excluding hydrogens is 404 g/mol. The third-order valence-corrected chi connectivity index (χ3v) is 6.22. The minimum atomic E-state index is -0.160. The van der Waals surface area contributed by atoms with E-state index in [0.717, 1.165) is 35.1 Å².